The molecule has 0 saturated carbocycles. The lowest BCUT2D eigenvalue weighted by molar-refractivity contribution is -0.132. The first-order chi connectivity index (χ1) is 12.7. The van der Waals surface area contributed by atoms with Crippen LogP contribution in [0.15, 0.2) is 66.0 Å². The molecule has 0 unspecified atom stereocenters. The summed E-state index contributed by atoms with van der Waals surface area (Å²) >= 11 is 0. The Hall–Kier alpha value is -3.61. The zero-order valence-corrected chi connectivity index (χ0v) is 14.0. The molecule has 0 amide bonds. The molecule has 3 rings (SSSR count). The van der Waals surface area contributed by atoms with Crippen molar-refractivity contribution >= 4 is 34.2 Å². The van der Waals surface area contributed by atoms with Crippen molar-refractivity contribution in [3.8, 4) is 0 Å². The third-order valence-corrected chi connectivity index (χ3v) is 3.68. The molecule has 0 aliphatic heterocycles. The molecule has 3 aromatic rings. The van der Waals surface area contributed by atoms with E-state index >= 15 is 0 Å². The van der Waals surface area contributed by atoms with E-state index in [1.54, 1.807) is 24.3 Å². The predicted molar refractivity (Wildman–Crippen MR) is 98.0 cm³/mol. The van der Waals surface area contributed by atoms with Crippen LogP contribution in [0.25, 0.3) is 10.9 Å². The van der Waals surface area contributed by atoms with Crippen molar-refractivity contribution in [3.05, 3.63) is 66.5 Å². The maximum atomic E-state index is 12.4. The Morgan fingerprint density at radius 1 is 1.04 bits per heavy atom. The first kappa shape index (κ1) is 17.2. The van der Waals surface area contributed by atoms with Crippen LogP contribution in [-0.2, 0) is 9.53 Å². The van der Waals surface area contributed by atoms with Crippen LogP contribution in [0.5, 0.6) is 0 Å². The van der Waals surface area contributed by atoms with Gasteiger partial charge in [-0.1, -0.05) is 42.5 Å². The number of carbonyl (C=O) groups is 2. The van der Waals surface area contributed by atoms with Crippen LogP contribution in [0.2, 0.25) is 0 Å². The minimum Gasteiger partial charge on any atom is -0.464 e. The summed E-state index contributed by atoms with van der Waals surface area (Å²) in [5, 5.41) is 4.81. The SMILES string of the molecule is COC(=O)C(CC(=O)c1ccccc1)=NNc1ncnc2ccccc12. The van der Waals surface area contributed by atoms with Gasteiger partial charge in [-0.25, -0.2) is 14.8 Å². The van der Waals surface area contributed by atoms with Crippen molar-refractivity contribution in [2.45, 2.75) is 6.42 Å². The van der Waals surface area contributed by atoms with Crippen LogP contribution in [0.4, 0.5) is 5.82 Å². The molecule has 7 nitrogen and oxygen atoms in total. The summed E-state index contributed by atoms with van der Waals surface area (Å²) in [6.45, 7) is 0. The van der Waals surface area contributed by atoms with E-state index in [0.717, 1.165) is 10.9 Å². The summed E-state index contributed by atoms with van der Waals surface area (Å²) in [4.78, 5) is 32.6. The number of hydrogen-bond acceptors (Lipinski definition) is 7. The van der Waals surface area contributed by atoms with Gasteiger partial charge in [0.25, 0.3) is 0 Å². The second kappa shape index (κ2) is 7.98. The highest BCUT2D eigenvalue weighted by atomic mass is 16.5. The summed E-state index contributed by atoms with van der Waals surface area (Å²) in [5.41, 5.74) is 3.94. The van der Waals surface area contributed by atoms with Gasteiger partial charge in [0.1, 0.15) is 6.33 Å². The number of hydrazone groups is 1. The van der Waals surface area contributed by atoms with E-state index in [9.17, 15) is 9.59 Å². The molecule has 0 aliphatic rings. The van der Waals surface area contributed by atoms with Gasteiger partial charge in [-0.3, -0.25) is 10.2 Å². The lowest BCUT2D eigenvalue weighted by atomic mass is 10.1. The topological polar surface area (TPSA) is 93.5 Å². The number of methoxy groups -OCH3 is 1. The molecule has 0 fully saturated rings. The Labute approximate surface area is 149 Å². The van der Waals surface area contributed by atoms with Crippen LogP contribution < -0.4 is 5.43 Å². The third-order valence-electron chi connectivity index (χ3n) is 3.68. The van der Waals surface area contributed by atoms with Gasteiger partial charge in [0.15, 0.2) is 17.3 Å². The highest BCUT2D eigenvalue weighted by Gasteiger charge is 2.18. The standard InChI is InChI=1S/C19H16N4O3/c1-26-19(25)16(11-17(24)13-7-3-2-4-8-13)22-23-18-14-9-5-6-10-15(14)20-12-21-18/h2-10,12H,11H2,1H3,(H,20,21,23). The highest BCUT2D eigenvalue weighted by molar-refractivity contribution is 6.40. The van der Waals surface area contributed by atoms with Crippen LogP contribution in [-0.4, -0.2) is 34.5 Å². The molecule has 130 valence electrons. The Morgan fingerprint density at radius 3 is 2.54 bits per heavy atom. The van der Waals surface area contributed by atoms with Crippen LogP contribution in [0.3, 0.4) is 0 Å². The van der Waals surface area contributed by atoms with Gasteiger partial charge in [-0.05, 0) is 12.1 Å². The zero-order chi connectivity index (χ0) is 18.4. The first-order valence-corrected chi connectivity index (χ1v) is 7.88. The van der Waals surface area contributed by atoms with Crippen molar-refractivity contribution in [1.82, 2.24) is 9.97 Å². The molecule has 1 heterocycles. The number of carbonyl (C=O) groups excluding carboxylic acids is 2. The number of esters is 1. The van der Waals surface area contributed by atoms with Crippen LogP contribution in [0.1, 0.15) is 16.8 Å². The number of nitrogens with one attached hydrogen (secondary N) is 1. The maximum absolute atomic E-state index is 12.4. The number of anilines is 1. The summed E-state index contributed by atoms with van der Waals surface area (Å²) in [6.07, 6.45) is 1.21. The molecular weight excluding hydrogens is 332 g/mol. The fourth-order valence-corrected chi connectivity index (χ4v) is 2.37. The van der Waals surface area contributed by atoms with Crippen molar-refractivity contribution in [1.29, 1.82) is 0 Å². The maximum Gasteiger partial charge on any atom is 0.354 e. The number of ketones is 1. The zero-order valence-electron chi connectivity index (χ0n) is 14.0. The normalized spacial score (nSPS) is 11.2. The minimum atomic E-state index is -0.680. The number of para-hydroxylation sites is 1. The molecule has 26 heavy (non-hydrogen) atoms. The van der Waals surface area contributed by atoms with E-state index in [4.69, 9.17) is 4.74 Å². The minimum absolute atomic E-state index is 0.0379. The second-order valence-electron chi connectivity index (χ2n) is 5.37. The van der Waals surface area contributed by atoms with Gasteiger partial charge >= 0.3 is 5.97 Å². The lowest BCUT2D eigenvalue weighted by Crippen LogP contribution is -2.21. The van der Waals surface area contributed by atoms with Gasteiger partial charge in [-0.15, -0.1) is 0 Å². The Bertz CT molecular complexity index is 965. The first-order valence-electron chi connectivity index (χ1n) is 7.88. The number of aromatic nitrogens is 2. The Kier molecular flexibility index (Phi) is 5.28. The van der Waals surface area contributed by atoms with Gasteiger partial charge in [0.05, 0.1) is 19.0 Å². The lowest BCUT2D eigenvalue weighted by Gasteiger charge is -2.07. The molecule has 0 saturated heterocycles. The summed E-state index contributed by atoms with van der Waals surface area (Å²) in [7, 11) is 1.24. The summed E-state index contributed by atoms with van der Waals surface area (Å²) < 4.78 is 4.73. The Balaban J connectivity index is 1.85. The van der Waals surface area contributed by atoms with E-state index < -0.39 is 5.97 Å². The smallest absolute Gasteiger partial charge is 0.354 e. The molecule has 0 spiro atoms. The van der Waals surface area contributed by atoms with E-state index in [0.29, 0.717) is 11.4 Å². The van der Waals surface area contributed by atoms with Crippen molar-refractivity contribution in [3.63, 3.8) is 0 Å². The van der Waals surface area contributed by atoms with Crippen molar-refractivity contribution in [2.24, 2.45) is 5.10 Å². The van der Waals surface area contributed by atoms with Gasteiger partial charge in [0, 0.05) is 10.9 Å². The van der Waals surface area contributed by atoms with Gasteiger partial charge in [-0.2, -0.15) is 5.10 Å². The molecule has 2 aromatic carbocycles. The quantitative estimate of drug-likeness (QED) is 0.319. The number of benzene rings is 2. The van der Waals surface area contributed by atoms with Crippen molar-refractivity contribution in [2.75, 3.05) is 12.5 Å². The molecular formula is C19H16N4O3. The van der Waals surface area contributed by atoms with E-state index in [1.165, 1.54) is 13.4 Å². The Morgan fingerprint density at radius 2 is 1.77 bits per heavy atom. The summed E-state index contributed by atoms with van der Waals surface area (Å²) in [6, 6.07) is 16.1. The molecule has 7 heteroatoms. The molecule has 0 aliphatic carbocycles. The summed E-state index contributed by atoms with van der Waals surface area (Å²) in [5.74, 6) is -0.478. The average Bonchev–Trinajstić information content (AvgIpc) is 2.71. The molecule has 0 radical (unpaired) electrons. The number of fused-ring (bicyclic) bond motifs is 1. The largest absolute Gasteiger partial charge is 0.464 e. The molecule has 1 N–H and O–H groups in total. The number of rotatable bonds is 6. The highest BCUT2D eigenvalue weighted by Crippen LogP contribution is 2.18. The monoisotopic (exact) mass is 348 g/mol. The predicted octanol–water partition coefficient (Wildman–Crippen LogP) is 2.84. The number of Topliss-reactive ketones (excluding diaryl/α,β-unsaturated/α-hetero) is 1. The fourth-order valence-electron chi connectivity index (χ4n) is 2.37. The molecule has 1 aromatic heterocycles. The number of nitrogens with zero attached hydrogens (tertiary/aromatic N) is 3. The van der Waals surface area contributed by atoms with E-state index in [-0.39, 0.29) is 17.9 Å². The van der Waals surface area contributed by atoms with Gasteiger partial charge < -0.3 is 4.74 Å². The van der Waals surface area contributed by atoms with Crippen LogP contribution >= 0.6 is 0 Å². The molecule has 0 bridgehead atoms. The van der Waals surface area contributed by atoms with E-state index in [1.807, 2.05) is 30.3 Å². The fraction of sp³-hybridized carbons (Fsp3) is 0.105. The van der Waals surface area contributed by atoms with Crippen LogP contribution in [0, 0.1) is 0 Å². The second-order valence-corrected chi connectivity index (χ2v) is 5.37. The third kappa shape index (κ3) is 3.89. The van der Waals surface area contributed by atoms with E-state index in [2.05, 4.69) is 20.5 Å². The number of ether oxygens (including phenoxy) is 1. The van der Waals surface area contributed by atoms with Crippen molar-refractivity contribution < 1.29 is 14.3 Å². The average molecular weight is 348 g/mol. The van der Waals surface area contributed by atoms with Gasteiger partial charge in [0.2, 0.25) is 0 Å². The molecule has 0 atom stereocenters. The number of hydrogen-bond donors (Lipinski definition) is 1.